The van der Waals surface area contributed by atoms with Gasteiger partial charge < -0.3 is 4.74 Å². The highest BCUT2D eigenvalue weighted by molar-refractivity contribution is 7.99. The van der Waals surface area contributed by atoms with Crippen molar-refractivity contribution >= 4 is 34.1 Å². The summed E-state index contributed by atoms with van der Waals surface area (Å²) in [6, 6.07) is 3.45. The van der Waals surface area contributed by atoms with Gasteiger partial charge in [0, 0.05) is 29.6 Å². The van der Waals surface area contributed by atoms with E-state index in [0.29, 0.717) is 16.6 Å². The molecule has 0 bridgehead atoms. The molecule has 1 aliphatic rings. The van der Waals surface area contributed by atoms with Crippen LogP contribution >= 0.6 is 23.1 Å². The maximum atomic E-state index is 11.9. The molecule has 0 aromatic carbocycles. The summed E-state index contributed by atoms with van der Waals surface area (Å²) in [4.78, 5) is 20.1. The van der Waals surface area contributed by atoms with E-state index in [-0.39, 0.29) is 12.0 Å². The zero-order chi connectivity index (χ0) is 13.8. The molecule has 5 nitrogen and oxygen atoms in total. The first-order chi connectivity index (χ1) is 9.81. The van der Waals surface area contributed by atoms with Crippen LogP contribution in [0.1, 0.15) is 16.8 Å². The highest BCUT2D eigenvalue weighted by atomic mass is 32.2. The van der Waals surface area contributed by atoms with Crippen LogP contribution < -0.4 is 10.1 Å². The van der Waals surface area contributed by atoms with E-state index in [1.54, 1.807) is 18.3 Å². The van der Waals surface area contributed by atoms with E-state index in [1.165, 1.54) is 17.5 Å². The van der Waals surface area contributed by atoms with Crippen LogP contribution in [-0.4, -0.2) is 33.5 Å². The topological polar surface area (TPSA) is 64.1 Å². The highest BCUT2D eigenvalue weighted by Crippen LogP contribution is 2.22. The molecule has 7 heteroatoms. The first-order valence-corrected chi connectivity index (χ1v) is 8.26. The average molecular weight is 307 g/mol. The number of carbonyl (C=O) groups excluding carboxylic acids is 1. The van der Waals surface area contributed by atoms with Gasteiger partial charge in [-0.15, -0.1) is 11.3 Å². The van der Waals surface area contributed by atoms with Crippen LogP contribution in [0.25, 0.3) is 0 Å². The molecule has 1 amide bonds. The fourth-order valence-electron chi connectivity index (χ4n) is 1.82. The summed E-state index contributed by atoms with van der Waals surface area (Å²) in [7, 11) is 0. The third-order valence-electron chi connectivity index (χ3n) is 2.83. The predicted octanol–water partition coefficient (Wildman–Crippen LogP) is 2.67. The van der Waals surface area contributed by atoms with Crippen LogP contribution in [0.15, 0.2) is 29.9 Å². The normalized spacial score (nSPS) is 17.9. The van der Waals surface area contributed by atoms with Crippen LogP contribution in [0, 0.1) is 0 Å². The average Bonchev–Trinajstić information content (AvgIpc) is 3.13. The van der Waals surface area contributed by atoms with Gasteiger partial charge >= 0.3 is 0 Å². The lowest BCUT2D eigenvalue weighted by Gasteiger charge is -2.11. The number of rotatable bonds is 4. The second-order valence-corrected chi connectivity index (χ2v) is 6.32. The molecule has 0 saturated carbocycles. The monoisotopic (exact) mass is 307 g/mol. The first-order valence-electron chi connectivity index (χ1n) is 6.22. The first kappa shape index (κ1) is 13.4. The van der Waals surface area contributed by atoms with Crippen molar-refractivity contribution in [3.63, 3.8) is 0 Å². The minimum absolute atomic E-state index is 0.213. The summed E-state index contributed by atoms with van der Waals surface area (Å²) in [5.74, 6) is 2.51. The van der Waals surface area contributed by atoms with E-state index in [4.69, 9.17) is 4.74 Å². The van der Waals surface area contributed by atoms with Gasteiger partial charge in [-0.1, -0.05) is 0 Å². The molecule has 1 fully saturated rings. The summed E-state index contributed by atoms with van der Waals surface area (Å²) < 4.78 is 5.74. The van der Waals surface area contributed by atoms with Crippen molar-refractivity contribution < 1.29 is 9.53 Å². The summed E-state index contributed by atoms with van der Waals surface area (Å²) in [5.41, 5.74) is 0.494. The molecule has 20 heavy (non-hydrogen) atoms. The van der Waals surface area contributed by atoms with Gasteiger partial charge in [-0.25, -0.2) is 9.97 Å². The van der Waals surface area contributed by atoms with Crippen molar-refractivity contribution in [3.8, 4) is 5.88 Å². The second kappa shape index (κ2) is 6.23. The highest BCUT2D eigenvalue weighted by Gasteiger charge is 2.17. The zero-order valence-electron chi connectivity index (χ0n) is 10.6. The van der Waals surface area contributed by atoms with Crippen LogP contribution in [-0.2, 0) is 0 Å². The van der Waals surface area contributed by atoms with E-state index in [1.807, 2.05) is 17.1 Å². The predicted molar refractivity (Wildman–Crippen MR) is 80.7 cm³/mol. The van der Waals surface area contributed by atoms with Gasteiger partial charge in [-0.2, -0.15) is 11.8 Å². The molecule has 0 radical (unpaired) electrons. The molecule has 2 aromatic rings. The van der Waals surface area contributed by atoms with Gasteiger partial charge in [0.25, 0.3) is 5.91 Å². The number of pyridine rings is 1. The van der Waals surface area contributed by atoms with Crippen molar-refractivity contribution in [3.05, 3.63) is 35.5 Å². The third kappa shape index (κ3) is 3.29. The zero-order valence-corrected chi connectivity index (χ0v) is 12.2. The minimum atomic E-state index is -0.213. The summed E-state index contributed by atoms with van der Waals surface area (Å²) in [5, 5.41) is 5.11. The number of nitrogens with one attached hydrogen (secondary N) is 1. The molecule has 0 aliphatic carbocycles. The van der Waals surface area contributed by atoms with Crippen molar-refractivity contribution in [2.24, 2.45) is 0 Å². The van der Waals surface area contributed by atoms with E-state index < -0.39 is 0 Å². The van der Waals surface area contributed by atoms with Gasteiger partial charge in [0.15, 0.2) is 5.13 Å². The van der Waals surface area contributed by atoms with Gasteiger partial charge in [0.1, 0.15) is 6.10 Å². The Labute approximate surface area is 124 Å². The number of anilines is 1. The Balaban J connectivity index is 1.61. The lowest BCUT2D eigenvalue weighted by molar-refractivity contribution is 0.102. The van der Waals surface area contributed by atoms with Gasteiger partial charge in [0.2, 0.25) is 5.88 Å². The minimum Gasteiger partial charge on any atom is -0.473 e. The molecule has 1 atom stereocenters. The maximum absolute atomic E-state index is 11.9. The number of carbonyl (C=O) groups is 1. The number of amides is 1. The molecule has 3 heterocycles. The van der Waals surface area contributed by atoms with Gasteiger partial charge in [-0.3, -0.25) is 10.1 Å². The Morgan fingerprint density at radius 2 is 2.35 bits per heavy atom. The molecule has 1 N–H and O–H groups in total. The molecular weight excluding hydrogens is 294 g/mol. The van der Waals surface area contributed by atoms with Crippen molar-refractivity contribution in [2.45, 2.75) is 12.5 Å². The molecular formula is C13H13N3O2S2. The number of nitrogens with zero attached hydrogens (tertiary/aromatic N) is 2. The number of thiazole rings is 1. The van der Waals surface area contributed by atoms with Crippen molar-refractivity contribution in [1.82, 2.24) is 9.97 Å². The van der Waals surface area contributed by atoms with Crippen LogP contribution in [0.5, 0.6) is 5.88 Å². The molecule has 104 valence electrons. The van der Waals surface area contributed by atoms with Crippen molar-refractivity contribution in [1.29, 1.82) is 0 Å². The van der Waals surface area contributed by atoms with E-state index in [0.717, 1.165) is 17.9 Å². The fourth-order valence-corrected chi connectivity index (χ4v) is 3.43. The van der Waals surface area contributed by atoms with Crippen LogP contribution in [0.2, 0.25) is 0 Å². The SMILES string of the molecule is O=C(Nc1nccs1)c1ccc(O[C@@H]2CCSC2)nc1. The molecule has 0 unspecified atom stereocenters. The van der Waals surface area contributed by atoms with Crippen LogP contribution in [0.3, 0.4) is 0 Å². The summed E-state index contributed by atoms with van der Waals surface area (Å²) in [6.45, 7) is 0. The standard InChI is InChI=1S/C13H13N3O2S2/c17-12(16-13-14-4-6-20-13)9-1-2-11(15-7-9)18-10-3-5-19-8-10/h1-2,4,6-7,10H,3,5,8H2,(H,14,16,17)/t10-/m1/s1. The van der Waals surface area contributed by atoms with E-state index >= 15 is 0 Å². The molecule has 1 saturated heterocycles. The van der Waals surface area contributed by atoms with Gasteiger partial charge in [-0.05, 0) is 18.2 Å². The lowest BCUT2D eigenvalue weighted by atomic mass is 10.2. The van der Waals surface area contributed by atoms with E-state index in [9.17, 15) is 4.79 Å². The molecule has 2 aromatic heterocycles. The third-order valence-corrected chi connectivity index (χ3v) is 4.65. The Bertz CT molecular complexity index is 566. The summed E-state index contributed by atoms with van der Waals surface area (Å²) >= 11 is 3.27. The number of thioether (sulfide) groups is 1. The second-order valence-electron chi connectivity index (χ2n) is 4.28. The van der Waals surface area contributed by atoms with Crippen molar-refractivity contribution in [2.75, 3.05) is 16.8 Å². The molecule has 3 rings (SSSR count). The lowest BCUT2D eigenvalue weighted by Crippen LogP contribution is -2.16. The largest absolute Gasteiger partial charge is 0.473 e. The Morgan fingerprint density at radius 3 is 3.00 bits per heavy atom. The maximum Gasteiger partial charge on any atom is 0.259 e. The quantitative estimate of drug-likeness (QED) is 0.941. The fraction of sp³-hybridized carbons (Fsp3) is 0.308. The number of aromatic nitrogens is 2. The summed E-state index contributed by atoms with van der Waals surface area (Å²) in [6.07, 6.45) is 4.47. The van der Waals surface area contributed by atoms with E-state index in [2.05, 4.69) is 15.3 Å². The molecule has 1 aliphatic heterocycles. The van der Waals surface area contributed by atoms with Crippen LogP contribution in [0.4, 0.5) is 5.13 Å². The molecule has 0 spiro atoms. The number of ether oxygens (including phenoxy) is 1. The van der Waals surface area contributed by atoms with Gasteiger partial charge in [0.05, 0.1) is 5.56 Å². The Kier molecular flexibility index (Phi) is 4.17. The Hall–Kier alpha value is -1.60. The number of hydrogen-bond donors (Lipinski definition) is 1. The Morgan fingerprint density at radius 1 is 1.40 bits per heavy atom. The number of hydrogen-bond acceptors (Lipinski definition) is 6. The smallest absolute Gasteiger partial charge is 0.259 e.